The fourth-order valence-electron chi connectivity index (χ4n) is 3.96. The van der Waals surface area contributed by atoms with Crippen molar-refractivity contribution in [3.05, 3.63) is 80.8 Å². The molecule has 0 saturated heterocycles. The highest BCUT2D eigenvalue weighted by molar-refractivity contribution is 7.89. The largest absolute Gasteiger partial charge is 0.478 e. The Morgan fingerprint density at radius 3 is 2.48 bits per heavy atom. The predicted octanol–water partition coefficient (Wildman–Crippen LogP) is 4.13. The minimum Gasteiger partial charge on any atom is -0.478 e. The molecule has 0 aliphatic heterocycles. The number of hydrogen-bond acceptors (Lipinski definition) is 5. The van der Waals surface area contributed by atoms with Crippen LogP contribution in [0.4, 0.5) is 0 Å². The van der Waals surface area contributed by atoms with Crippen LogP contribution in [0.5, 0.6) is 0 Å². The third-order valence-corrected chi connectivity index (χ3v) is 7.76. The lowest BCUT2D eigenvalue weighted by Crippen LogP contribution is -2.20. The summed E-state index contributed by atoms with van der Waals surface area (Å²) in [6.07, 6.45) is 5.15. The van der Waals surface area contributed by atoms with E-state index in [1.54, 1.807) is 17.4 Å². The first-order valence-corrected chi connectivity index (χ1v) is 12.6. The van der Waals surface area contributed by atoms with Gasteiger partial charge in [-0.2, -0.15) is 0 Å². The van der Waals surface area contributed by atoms with Crippen molar-refractivity contribution >= 4 is 27.3 Å². The van der Waals surface area contributed by atoms with Gasteiger partial charge in [-0.15, -0.1) is 11.3 Å². The average Bonchev–Trinajstić information content (AvgIpc) is 3.13. The van der Waals surface area contributed by atoms with Crippen molar-refractivity contribution < 1.29 is 18.3 Å². The summed E-state index contributed by atoms with van der Waals surface area (Å²) in [5.41, 5.74) is 2.97. The van der Waals surface area contributed by atoms with Crippen LogP contribution in [0.1, 0.15) is 62.9 Å². The van der Waals surface area contributed by atoms with Crippen molar-refractivity contribution in [2.75, 3.05) is 0 Å². The molecule has 3 N–H and O–H groups in total. The van der Waals surface area contributed by atoms with E-state index in [9.17, 15) is 18.3 Å². The van der Waals surface area contributed by atoms with E-state index in [-0.39, 0.29) is 16.9 Å². The monoisotopic (exact) mass is 456 g/mol. The SMILES string of the molecule is NS(=O)(=O)c1c(C(=O)O)ccc(CCc2nc(C3CCC3)cs2)c1Cc1ccccc1. The van der Waals surface area contributed by atoms with Gasteiger partial charge in [0, 0.05) is 17.7 Å². The first kappa shape index (κ1) is 21.7. The Kier molecular flexibility index (Phi) is 6.22. The maximum absolute atomic E-state index is 12.4. The molecule has 1 aliphatic rings. The summed E-state index contributed by atoms with van der Waals surface area (Å²) in [7, 11) is -4.23. The minimum absolute atomic E-state index is 0.286. The molecule has 1 aliphatic carbocycles. The second-order valence-corrected chi connectivity index (χ2v) is 10.3. The second kappa shape index (κ2) is 8.90. The number of primary sulfonamides is 1. The van der Waals surface area contributed by atoms with E-state index in [0.717, 1.165) is 21.8 Å². The molecule has 1 saturated carbocycles. The molecule has 0 unspecified atom stereocenters. The summed E-state index contributed by atoms with van der Waals surface area (Å²) in [6, 6.07) is 12.4. The van der Waals surface area contributed by atoms with E-state index in [0.29, 0.717) is 24.3 Å². The van der Waals surface area contributed by atoms with E-state index in [1.807, 2.05) is 30.3 Å². The van der Waals surface area contributed by atoms with Gasteiger partial charge in [-0.1, -0.05) is 42.8 Å². The van der Waals surface area contributed by atoms with Gasteiger partial charge in [0.05, 0.1) is 16.3 Å². The number of carboxylic acids is 1. The standard InChI is InChI=1S/C23H24N2O4S2/c24-31(28,29)22-18(23(26)27)11-9-16(19(22)13-15-5-2-1-3-6-15)10-12-21-25-20(14-30-21)17-7-4-8-17/h1-3,5-6,9,11,14,17H,4,7-8,10,12-13H2,(H,26,27)(H2,24,28,29). The van der Waals surface area contributed by atoms with Crippen LogP contribution in [0, 0.1) is 0 Å². The summed E-state index contributed by atoms with van der Waals surface area (Å²) < 4.78 is 24.8. The molecular formula is C23H24N2O4S2. The van der Waals surface area contributed by atoms with E-state index < -0.39 is 16.0 Å². The number of carbonyl (C=O) groups is 1. The Labute approximate surface area is 185 Å². The highest BCUT2D eigenvalue weighted by atomic mass is 32.2. The lowest BCUT2D eigenvalue weighted by atomic mass is 9.83. The molecule has 8 heteroatoms. The first-order chi connectivity index (χ1) is 14.8. The molecule has 0 bridgehead atoms. The predicted molar refractivity (Wildman–Crippen MR) is 120 cm³/mol. The summed E-state index contributed by atoms with van der Waals surface area (Å²) in [6.45, 7) is 0. The van der Waals surface area contributed by atoms with Gasteiger partial charge in [0.1, 0.15) is 4.90 Å². The molecule has 2 aromatic carbocycles. The van der Waals surface area contributed by atoms with Gasteiger partial charge in [-0.3, -0.25) is 0 Å². The fourth-order valence-corrected chi connectivity index (χ4v) is 5.85. The van der Waals surface area contributed by atoms with Gasteiger partial charge >= 0.3 is 5.97 Å². The Morgan fingerprint density at radius 1 is 1.13 bits per heavy atom. The van der Waals surface area contributed by atoms with Crippen LogP contribution in [0.2, 0.25) is 0 Å². The summed E-state index contributed by atoms with van der Waals surface area (Å²) in [5, 5.41) is 18.2. The summed E-state index contributed by atoms with van der Waals surface area (Å²) in [5.74, 6) is -0.738. The number of carboxylic acid groups (broad SMARTS) is 1. The molecule has 1 aromatic heterocycles. The first-order valence-electron chi connectivity index (χ1n) is 10.2. The molecule has 0 atom stereocenters. The van der Waals surface area contributed by atoms with Gasteiger partial charge in [0.15, 0.2) is 0 Å². The van der Waals surface area contributed by atoms with E-state index in [4.69, 9.17) is 10.1 Å². The third-order valence-electron chi connectivity index (χ3n) is 5.80. The Bertz CT molecular complexity index is 1200. The molecular weight excluding hydrogens is 432 g/mol. The minimum atomic E-state index is -4.23. The Morgan fingerprint density at radius 2 is 1.87 bits per heavy atom. The number of rotatable bonds is 8. The molecule has 1 heterocycles. The van der Waals surface area contributed by atoms with Crippen LogP contribution in [-0.4, -0.2) is 24.5 Å². The molecule has 0 spiro atoms. The van der Waals surface area contributed by atoms with Crippen molar-refractivity contribution in [2.24, 2.45) is 5.14 Å². The number of aromatic carboxylic acids is 1. The highest BCUT2D eigenvalue weighted by Gasteiger charge is 2.26. The smallest absolute Gasteiger partial charge is 0.337 e. The molecule has 162 valence electrons. The van der Waals surface area contributed by atoms with Gasteiger partial charge in [-0.05, 0) is 48.4 Å². The van der Waals surface area contributed by atoms with E-state index in [1.165, 1.54) is 25.3 Å². The maximum atomic E-state index is 12.4. The van der Waals surface area contributed by atoms with Crippen LogP contribution in [0.3, 0.4) is 0 Å². The molecule has 0 radical (unpaired) electrons. The number of sulfonamides is 1. The van der Waals surface area contributed by atoms with Crippen molar-refractivity contribution in [1.29, 1.82) is 0 Å². The number of nitrogens with zero attached hydrogens (tertiary/aromatic N) is 1. The average molecular weight is 457 g/mol. The lowest BCUT2D eigenvalue weighted by molar-refractivity contribution is 0.0692. The zero-order valence-corrected chi connectivity index (χ0v) is 18.6. The maximum Gasteiger partial charge on any atom is 0.337 e. The van der Waals surface area contributed by atoms with E-state index >= 15 is 0 Å². The lowest BCUT2D eigenvalue weighted by Gasteiger charge is -2.23. The number of nitrogens with two attached hydrogens (primary N) is 1. The molecule has 4 rings (SSSR count). The van der Waals surface area contributed by atoms with Crippen LogP contribution in [0.25, 0.3) is 0 Å². The van der Waals surface area contributed by atoms with Gasteiger partial charge < -0.3 is 5.11 Å². The highest BCUT2D eigenvalue weighted by Crippen LogP contribution is 2.37. The van der Waals surface area contributed by atoms with Crippen LogP contribution >= 0.6 is 11.3 Å². The number of thiazole rings is 1. The van der Waals surface area contributed by atoms with Crippen LogP contribution in [0.15, 0.2) is 52.7 Å². The van der Waals surface area contributed by atoms with Crippen LogP contribution < -0.4 is 5.14 Å². The number of aromatic nitrogens is 1. The quantitative estimate of drug-likeness (QED) is 0.529. The molecule has 3 aromatic rings. The number of hydrogen-bond donors (Lipinski definition) is 2. The van der Waals surface area contributed by atoms with Gasteiger partial charge in [-0.25, -0.2) is 23.3 Å². The zero-order chi connectivity index (χ0) is 22.0. The van der Waals surface area contributed by atoms with Crippen molar-refractivity contribution in [3.8, 4) is 0 Å². The van der Waals surface area contributed by atoms with E-state index in [2.05, 4.69) is 5.38 Å². The Hall–Kier alpha value is -2.55. The number of aryl methyl sites for hydroxylation is 2. The van der Waals surface area contributed by atoms with Crippen LogP contribution in [-0.2, 0) is 29.3 Å². The topological polar surface area (TPSA) is 110 Å². The summed E-state index contributed by atoms with van der Waals surface area (Å²) >= 11 is 1.63. The summed E-state index contributed by atoms with van der Waals surface area (Å²) in [4.78, 5) is 16.2. The van der Waals surface area contributed by atoms with Crippen molar-refractivity contribution in [1.82, 2.24) is 4.98 Å². The zero-order valence-electron chi connectivity index (χ0n) is 17.0. The normalized spacial score (nSPS) is 14.4. The van der Waals surface area contributed by atoms with Crippen molar-refractivity contribution in [2.45, 2.75) is 49.3 Å². The second-order valence-electron chi connectivity index (χ2n) is 7.89. The number of benzene rings is 2. The van der Waals surface area contributed by atoms with Gasteiger partial charge in [0.2, 0.25) is 10.0 Å². The third kappa shape index (κ3) is 4.87. The molecule has 0 amide bonds. The fraction of sp³-hybridized carbons (Fsp3) is 0.304. The molecule has 6 nitrogen and oxygen atoms in total. The molecule has 1 fully saturated rings. The van der Waals surface area contributed by atoms with Crippen molar-refractivity contribution in [3.63, 3.8) is 0 Å². The molecule has 31 heavy (non-hydrogen) atoms. The Balaban J connectivity index is 1.70. The van der Waals surface area contributed by atoms with Gasteiger partial charge in [0.25, 0.3) is 0 Å².